The number of benzene rings is 1. The molecule has 0 saturated carbocycles. The van der Waals surface area contributed by atoms with Gasteiger partial charge >= 0.3 is 0 Å². The summed E-state index contributed by atoms with van der Waals surface area (Å²) in [6.45, 7) is 7.82. The van der Waals surface area contributed by atoms with E-state index < -0.39 is 9.84 Å². The highest BCUT2D eigenvalue weighted by Gasteiger charge is 2.39. The largest absolute Gasteiger partial charge is 0.487 e. The molecule has 2 aromatic rings. The zero-order valence-electron chi connectivity index (χ0n) is 19.8. The zero-order chi connectivity index (χ0) is 23.5. The number of aromatic nitrogens is 1. The number of ether oxygens (including phenoxy) is 1. The van der Waals surface area contributed by atoms with Crippen LogP contribution in [0.5, 0.6) is 5.75 Å². The number of aryl methyl sites for hydroxylation is 1. The molecule has 0 unspecified atom stereocenters. The molecule has 1 fully saturated rings. The monoisotopic (exact) mass is 472 g/mol. The van der Waals surface area contributed by atoms with Crippen molar-refractivity contribution in [2.45, 2.75) is 57.3 Å². The second kappa shape index (κ2) is 10.1. The molecular weight excluding hydrogens is 436 g/mol. The first kappa shape index (κ1) is 24.2. The van der Waals surface area contributed by atoms with Crippen molar-refractivity contribution in [3.05, 3.63) is 47.7 Å². The van der Waals surface area contributed by atoms with Crippen molar-refractivity contribution >= 4 is 9.84 Å². The van der Waals surface area contributed by atoms with Crippen molar-refractivity contribution < 1.29 is 18.3 Å². The molecule has 1 saturated heterocycles. The van der Waals surface area contributed by atoms with E-state index in [-0.39, 0.29) is 30.1 Å². The summed E-state index contributed by atoms with van der Waals surface area (Å²) < 4.78 is 30.8. The van der Waals surface area contributed by atoms with Gasteiger partial charge in [-0.25, -0.2) is 8.42 Å². The number of pyridine rings is 1. The number of rotatable bonds is 8. The molecule has 2 aliphatic rings. The van der Waals surface area contributed by atoms with Crippen LogP contribution in [-0.4, -0.2) is 61.0 Å². The SMILES string of the molecule is CC(C)CN1CCC2(CCc3cc(-c4ccc(CS(=O)(=O)CCCO)cn4)ccc3O2)CC1. The third-order valence-electron chi connectivity index (χ3n) is 6.75. The minimum atomic E-state index is -3.23. The van der Waals surface area contributed by atoms with E-state index >= 15 is 0 Å². The Kier molecular flexibility index (Phi) is 7.41. The van der Waals surface area contributed by atoms with Gasteiger partial charge in [0, 0.05) is 38.0 Å². The summed E-state index contributed by atoms with van der Waals surface area (Å²) in [5, 5.41) is 8.87. The summed E-state index contributed by atoms with van der Waals surface area (Å²) in [5.41, 5.74) is 3.72. The van der Waals surface area contributed by atoms with E-state index in [0.29, 0.717) is 11.5 Å². The molecule has 0 bridgehead atoms. The Balaban J connectivity index is 1.41. The number of hydrogen-bond donors (Lipinski definition) is 1. The van der Waals surface area contributed by atoms with E-state index in [1.54, 1.807) is 6.20 Å². The average Bonchev–Trinajstić information content (AvgIpc) is 2.79. The van der Waals surface area contributed by atoms with Crippen molar-refractivity contribution in [3.8, 4) is 17.0 Å². The van der Waals surface area contributed by atoms with Gasteiger partial charge < -0.3 is 14.7 Å². The fourth-order valence-corrected chi connectivity index (χ4v) is 6.38. The number of piperidine rings is 1. The summed E-state index contributed by atoms with van der Waals surface area (Å²) >= 11 is 0. The Bertz CT molecular complexity index is 1040. The molecule has 0 amide bonds. The molecule has 0 aliphatic carbocycles. The summed E-state index contributed by atoms with van der Waals surface area (Å²) in [6, 6.07) is 9.99. The maximum atomic E-state index is 12.1. The standard InChI is InChI=1S/C26H36N2O4S/c1-20(2)18-28-12-10-26(11-13-28)9-8-23-16-22(5-7-25(23)32-26)24-6-4-21(17-27-24)19-33(30,31)15-3-14-29/h4-7,16-17,20,29H,3,8-15,18-19H2,1-2H3. The third-order valence-corrected chi connectivity index (χ3v) is 8.43. The predicted octanol–water partition coefficient (Wildman–Crippen LogP) is 3.86. The second-order valence-corrected chi connectivity index (χ2v) is 12.2. The van der Waals surface area contributed by atoms with Gasteiger partial charge in [0.25, 0.3) is 0 Å². The Morgan fingerprint density at radius 2 is 1.94 bits per heavy atom. The molecule has 1 spiro atoms. The Hall–Kier alpha value is -1.96. The van der Waals surface area contributed by atoms with Gasteiger partial charge in [0.2, 0.25) is 0 Å². The van der Waals surface area contributed by atoms with Gasteiger partial charge in [-0.3, -0.25) is 4.98 Å². The van der Waals surface area contributed by atoms with Crippen LogP contribution in [0.2, 0.25) is 0 Å². The number of hydrogen-bond acceptors (Lipinski definition) is 6. The Labute approximate surface area is 197 Å². The fraction of sp³-hybridized carbons (Fsp3) is 0.577. The van der Waals surface area contributed by atoms with Crippen LogP contribution in [0.15, 0.2) is 36.5 Å². The highest BCUT2D eigenvalue weighted by molar-refractivity contribution is 7.90. The molecule has 0 radical (unpaired) electrons. The van der Waals surface area contributed by atoms with Crippen LogP contribution in [0.25, 0.3) is 11.3 Å². The van der Waals surface area contributed by atoms with E-state index in [1.165, 1.54) is 5.56 Å². The van der Waals surface area contributed by atoms with Crippen LogP contribution in [0.4, 0.5) is 0 Å². The van der Waals surface area contributed by atoms with Crippen molar-refractivity contribution in [2.24, 2.45) is 5.92 Å². The lowest BCUT2D eigenvalue weighted by molar-refractivity contribution is -0.0166. The zero-order valence-corrected chi connectivity index (χ0v) is 20.6. The first-order chi connectivity index (χ1) is 15.8. The average molecular weight is 473 g/mol. The van der Waals surface area contributed by atoms with E-state index in [1.807, 2.05) is 18.2 Å². The lowest BCUT2D eigenvalue weighted by Gasteiger charge is -2.45. The van der Waals surface area contributed by atoms with Crippen molar-refractivity contribution in [1.82, 2.24) is 9.88 Å². The van der Waals surface area contributed by atoms with Crippen LogP contribution >= 0.6 is 0 Å². The van der Waals surface area contributed by atoms with Gasteiger partial charge in [-0.05, 0) is 73.4 Å². The van der Waals surface area contributed by atoms with Gasteiger partial charge in [-0.15, -0.1) is 0 Å². The number of aliphatic hydroxyl groups is 1. The number of likely N-dealkylation sites (tertiary alicyclic amines) is 1. The van der Waals surface area contributed by atoms with Crippen molar-refractivity contribution in [1.29, 1.82) is 0 Å². The van der Waals surface area contributed by atoms with E-state index in [2.05, 4.69) is 35.9 Å². The molecule has 4 rings (SSSR count). The van der Waals surface area contributed by atoms with E-state index in [9.17, 15) is 8.42 Å². The lowest BCUT2D eigenvalue weighted by atomic mass is 9.82. The van der Waals surface area contributed by atoms with Gasteiger partial charge in [-0.1, -0.05) is 19.9 Å². The van der Waals surface area contributed by atoms with Gasteiger partial charge in [-0.2, -0.15) is 0 Å². The summed E-state index contributed by atoms with van der Waals surface area (Å²) in [6.07, 6.45) is 6.14. The third kappa shape index (κ3) is 6.14. The summed E-state index contributed by atoms with van der Waals surface area (Å²) in [7, 11) is -3.23. The highest BCUT2D eigenvalue weighted by atomic mass is 32.2. The Morgan fingerprint density at radius 1 is 1.15 bits per heavy atom. The lowest BCUT2D eigenvalue weighted by Crippen LogP contribution is -2.50. The number of aliphatic hydroxyl groups excluding tert-OH is 1. The van der Waals surface area contributed by atoms with E-state index in [4.69, 9.17) is 9.84 Å². The summed E-state index contributed by atoms with van der Waals surface area (Å²) in [4.78, 5) is 7.08. The van der Waals surface area contributed by atoms with Crippen molar-refractivity contribution in [3.63, 3.8) is 0 Å². The minimum Gasteiger partial charge on any atom is -0.487 e. The first-order valence-corrected chi connectivity index (χ1v) is 13.9. The molecule has 2 aliphatic heterocycles. The van der Waals surface area contributed by atoms with Crippen LogP contribution in [-0.2, 0) is 22.0 Å². The predicted molar refractivity (Wildman–Crippen MR) is 131 cm³/mol. The van der Waals surface area contributed by atoms with Gasteiger partial charge in [0.15, 0.2) is 9.84 Å². The normalized spacial score (nSPS) is 18.3. The van der Waals surface area contributed by atoms with Crippen LogP contribution in [0, 0.1) is 5.92 Å². The first-order valence-electron chi connectivity index (χ1n) is 12.1. The summed E-state index contributed by atoms with van der Waals surface area (Å²) in [5.74, 6) is 1.64. The molecule has 1 aromatic heterocycles. The topological polar surface area (TPSA) is 79.7 Å². The molecular formula is C26H36N2O4S. The Morgan fingerprint density at radius 3 is 2.61 bits per heavy atom. The fourth-order valence-electron chi connectivity index (χ4n) is 4.98. The molecule has 0 atom stereocenters. The number of sulfone groups is 1. The highest BCUT2D eigenvalue weighted by Crippen LogP contribution is 2.40. The quantitative estimate of drug-likeness (QED) is 0.628. The van der Waals surface area contributed by atoms with Gasteiger partial charge in [0.1, 0.15) is 11.4 Å². The van der Waals surface area contributed by atoms with E-state index in [0.717, 1.165) is 62.3 Å². The maximum absolute atomic E-state index is 12.1. The number of nitrogens with zero attached hydrogens (tertiary/aromatic N) is 2. The molecule has 3 heterocycles. The van der Waals surface area contributed by atoms with Crippen molar-refractivity contribution in [2.75, 3.05) is 32.0 Å². The molecule has 33 heavy (non-hydrogen) atoms. The smallest absolute Gasteiger partial charge is 0.154 e. The molecule has 180 valence electrons. The molecule has 1 N–H and O–H groups in total. The van der Waals surface area contributed by atoms with Crippen LogP contribution in [0.1, 0.15) is 50.7 Å². The molecule has 6 nitrogen and oxygen atoms in total. The van der Waals surface area contributed by atoms with Gasteiger partial charge in [0.05, 0.1) is 17.2 Å². The molecule has 1 aromatic carbocycles. The second-order valence-electron chi connectivity index (χ2n) is 10.0. The van der Waals surface area contributed by atoms with Crippen LogP contribution in [0.3, 0.4) is 0 Å². The maximum Gasteiger partial charge on any atom is 0.154 e. The minimum absolute atomic E-state index is 0.00662. The number of fused-ring (bicyclic) bond motifs is 1. The molecule has 7 heteroatoms. The van der Waals surface area contributed by atoms with Crippen LogP contribution < -0.4 is 4.74 Å².